The van der Waals surface area contributed by atoms with E-state index in [0.29, 0.717) is 8.96 Å². The van der Waals surface area contributed by atoms with Crippen LogP contribution in [0.25, 0.3) is 0 Å². The summed E-state index contributed by atoms with van der Waals surface area (Å²) in [5, 5.41) is 3.26. The van der Waals surface area contributed by atoms with Gasteiger partial charge in [0.15, 0.2) is 0 Å². The van der Waals surface area contributed by atoms with Gasteiger partial charge >= 0.3 is 0 Å². The molecule has 100 valence electrons. The Balaban J connectivity index is 2.23. The van der Waals surface area contributed by atoms with Gasteiger partial charge in [-0.05, 0) is 18.7 Å². The first-order valence-corrected chi connectivity index (χ1v) is 7.30. The van der Waals surface area contributed by atoms with Gasteiger partial charge in [0.25, 0.3) is 0 Å². The third-order valence-corrected chi connectivity index (χ3v) is 3.51. The summed E-state index contributed by atoms with van der Waals surface area (Å²) in [5.74, 6) is 0.936. The average Bonchev–Trinajstić information content (AvgIpc) is 2.43. The smallest absolute Gasteiger partial charge is 0.149 e. The van der Waals surface area contributed by atoms with Gasteiger partial charge in [0.1, 0.15) is 14.7 Å². The van der Waals surface area contributed by atoms with E-state index in [4.69, 9.17) is 4.52 Å². The fourth-order valence-electron chi connectivity index (χ4n) is 1.35. The van der Waals surface area contributed by atoms with E-state index in [2.05, 4.69) is 36.0 Å². The molecule has 0 spiro atoms. The molecule has 0 aliphatic heterocycles. The van der Waals surface area contributed by atoms with Gasteiger partial charge in [-0.15, -0.1) is 0 Å². The summed E-state index contributed by atoms with van der Waals surface area (Å²) in [4.78, 5) is 0. The molecule has 1 unspecified atom stereocenters. The molecule has 1 atom stereocenters. The van der Waals surface area contributed by atoms with Gasteiger partial charge in [-0.1, -0.05) is 44.2 Å². The van der Waals surface area contributed by atoms with Gasteiger partial charge in [0.2, 0.25) is 0 Å². The molecule has 1 N–H and O–H groups in total. The number of rotatable bonds is 9. The normalized spacial score (nSPS) is 11.9. The molecule has 0 saturated carbocycles. The summed E-state index contributed by atoms with van der Waals surface area (Å²) in [6.45, 7) is 8.15. The lowest BCUT2D eigenvalue weighted by Crippen LogP contribution is -2.16. The molecule has 0 amide bonds. The maximum absolute atomic E-state index is 5.74. The highest BCUT2D eigenvalue weighted by Crippen LogP contribution is 2.23. The molecule has 1 rings (SSSR count). The van der Waals surface area contributed by atoms with Crippen LogP contribution in [0.15, 0.2) is 42.5 Å². The van der Waals surface area contributed by atoms with Crippen LogP contribution in [-0.4, -0.2) is 30.8 Å². The van der Waals surface area contributed by atoms with Crippen molar-refractivity contribution in [3.05, 3.63) is 42.5 Å². The molecule has 4 heteroatoms. The second kappa shape index (κ2) is 10.1. The van der Waals surface area contributed by atoms with E-state index in [1.807, 2.05) is 30.3 Å². The van der Waals surface area contributed by atoms with Crippen LogP contribution >= 0.6 is 8.96 Å². The Morgan fingerprint density at radius 1 is 1.22 bits per heavy atom. The van der Waals surface area contributed by atoms with Crippen LogP contribution in [0.3, 0.4) is 0 Å². The number of hydrogen-bond donors (Lipinski definition) is 1. The lowest BCUT2D eigenvalue weighted by atomic mass is 10.3. The van der Waals surface area contributed by atoms with Gasteiger partial charge < -0.3 is 9.84 Å². The molecule has 0 heterocycles. The quantitative estimate of drug-likeness (QED) is 0.422. The Kier molecular flexibility index (Phi) is 8.49. The Labute approximate surface area is 112 Å². The van der Waals surface area contributed by atoms with Crippen molar-refractivity contribution in [1.29, 1.82) is 0 Å². The maximum Gasteiger partial charge on any atom is 0.149 e. The van der Waals surface area contributed by atoms with Gasteiger partial charge in [-0.2, -0.15) is 0 Å². The Morgan fingerprint density at radius 2 is 2.00 bits per heavy atom. The minimum Gasteiger partial charge on any atom is -0.461 e. The summed E-state index contributed by atoms with van der Waals surface area (Å²) in [6, 6.07) is 9.96. The van der Waals surface area contributed by atoms with Crippen molar-refractivity contribution >= 4 is 8.96 Å². The Morgan fingerprint density at radius 3 is 2.67 bits per heavy atom. The van der Waals surface area contributed by atoms with Crippen LogP contribution in [0.5, 0.6) is 5.75 Å². The van der Waals surface area contributed by atoms with E-state index in [1.54, 1.807) is 0 Å². The maximum atomic E-state index is 5.74. The minimum atomic E-state index is 0.375. The topological polar surface area (TPSA) is 24.5 Å². The van der Waals surface area contributed by atoms with E-state index in [9.17, 15) is 0 Å². The Bertz CT molecular complexity index is 330. The van der Waals surface area contributed by atoms with E-state index in [1.165, 1.54) is 0 Å². The molecule has 0 aliphatic carbocycles. The highest BCUT2D eigenvalue weighted by molar-refractivity contribution is 7.29. The number of hydrogen-bond acceptors (Lipinski definition) is 3. The third kappa shape index (κ3) is 6.75. The van der Waals surface area contributed by atoms with Gasteiger partial charge in [0.05, 0.1) is 0 Å². The highest BCUT2D eigenvalue weighted by atomic mass is 31.1. The number of nitrogens with one attached hydrogen (secondary N) is 1. The van der Waals surface area contributed by atoms with Crippen molar-refractivity contribution in [3.63, 3.8) is 0 Å². The lowest BCUT2D eigenvalue weighted by molar-refractivity contribution is 0.480. The van der Waals surface area contributed by atoms with Crippen molar-refractivity contribution in [2.75, 3.05) is 26.2 Å². The fraction of sp³-hybridized carbons (Fsp3) is 0.429. The molecular weight excluding hydrogens is 243 g/mol. The molecule has 1 aromatic carbocycles. The van der Waals surface area contributed by atoms with Gasteiger partial charge in [-0.25, -0.2) is 4.67 Å². The molecule has 0 aliphatic rings. The first-order valence-electron chi connectivity index (χ1n) is 6.45. The molecule has 0 radical (unpaired) electrons. The number of para-hydroxylation sites is 1. The number of nitrogens with zero attached hydrogens (tertiary/aromatic N) is 1. The van der Waals surface area contributed by atoms with E-state index in [-0.39, 0.29) is 0 Å². The standard InChI is InChI=1S/C14H23N2OP/c1-3-15-12-8-9-13-16(4-2)18-17-14-10-6-5-7-11-14/h5-11,15,18H,3-4,12-13H2,1-2H3/b9-8-. The minimum absolute atomic E-state index is 0.375. The highest BCUT2D eigenvalue weighted by Gasteiger charge is 2.01. The molecule has 0 saturated heterocycles. The predicted octanol–water partition coefficient (Wildman–Crippen LogP) is 3.06. The molecule has 1 aromatic rings. The number of benzene rings is 1. The molecule has 0 aromatic heterocycles. The summed E-state index contributed by atoms with van der Waals surface area (Å²) >= 11 is 0. The van der Waals surface area contributed by atoms with Crippen LogP contribution in [0, 0.1) is 0 Å². The van der Waals surface area contributed by atoms with Crippen LogP contribution in [0.2, 0.25) is 0 Å². The van der Waals surface area contributed by atoms with Crippen molar-refractivity contribution in [3.8, 4) is 5.75 Å². The van der Waals surface area contributed by atoms with Crippen molar-refractivity contribution in [2.24, 2.45) is 0 Å². The van der Waals surface area contributed by atoms with Crippen LogP contribution < -0.4 is 9.84 Å². The summed E-state index contributed by atoms with van der Waals surface area (Å²) in [6.07, 6.45) is 4.35. The van der Waals surface area contributed by atoms with Crippen LogP contribution in [-0.2, 0) is 0 Å². The third-order valence-electron chi connectivity index (χ3n) is 2.42. The monoisotopic (exact) mass is 266 g/mol. The summed E-state index contributed by atoms with van der Waals surface area (Å²) < 4.78 is 8.01. The number of likely N-dealkylation sites (N-methyl/N-ethyl adjacent to an activating group) is 2. The van der Waals surface area contributed by atoms with E-state index < -0.39 is 0 Å². The molecule has 0 fully saturated rings. The van der Waals surface area contributed by atoms with Crippen LogP contribution in [0.1, 0.15) is 13.8 Å². The van der Waals surface area contributed by atoms with Crippen molar-refractivity contribution in [2.45, 2.75) is 13.8 Å². The zero-order valence-electron chi connectivity index (χ0n) is 11.2. The second-order valence-corrected chi connectivity index (χ2v) is 4.84. The second-order valence-electron chi connectivity index (χ2n) is 3.82. The first kappa shape index (κ1) is 15.2. The first-order chi connectivity index (χ1) is 8.86. The summed E-state index contributed by atoms with van der Waals surface area (Å²) in [7, 11) is 0.375. The molecule has 3 nitrogen and oxygen atoms in total. The molecule has 0 bridgehead atoms. The summed E-state index contributed by atoms with van der Waals surface area (Å²) in [5.41, 5.74) is 0. The van der Waals surface area contributed by atoms with E-state index in [0.717, 1.165) is 31.9 Å². The fourth-order valence-corrected chi connectivity index (χ4v) is 2.03. The average molecular weight is 266 g/mol. The van der Waals surface area contributed by atoms with Crippen molar-refractivity contribution < 1.29 is 4.52 Å². The SMILES string of the molecule is CCNC/C=C\CN(CC)POc1ccccc1. The van der Waals surface area contributed by atoms with Crippen LogP contribution in [0.4, 0.5) is 0 Å². The Hall–Kier alpha value is -0.890. The zero-order chi connectivity index (χ0) is 13.1. The zero-order valence-corrected chi connectivity index (χ0v) is 12.2. The van der Waals surface area contributed by atoms with Gasteiger partial charge in [-0.3, -0.25) is 0 Å². The lowest BCUT2D eigenvalue weighted by Gasteiger charge is -2.17. The van der Waals surface area contributed by atoms with E-state index >= 15 is 0 Å². The van der Waals surface area contributed by atoms with Gasteiger partial charge in [0, 0.05) is 19.6 Å². The molecular formula is C14H23N2OP. The molecule has 18 heavy (non-hydrogen) atoms. The van der Waals surface area contributed by atoms with Crippen molar-refractivity contribution in [1.82, 2.24) is 9.99 Å². The predicted molar refractivity (Wildman–Crippen MR) is 80.3 cm³/mol. The largest absolute Gasteiger partial charge is 0.461 e.